The number of para-hydroxylation sites is 1. The normalized spacial score (nSPS) is 15.6. The van der Waals surface area contributed by atoms with Crippen LogP contribution >= 0.6 is 11.8 Å². The number of nitrogens with zero attached hydrogens (tertiary/aromatic N) is 3. The lowest BCUT2D eigenvalue weighted by Gasteiger charge is -2.27. The van der Waals surface area contributed by atoms with E-state index in [2.05, 4.69) is 10.2 Å². The third-order valence-corrected chi connectivity index (χ3v) is 5.59. The van der Waals surface area contributed by atoms with E-state index in [1.807, 2.05) is 0 Å². The molecule has 0 atom stereocenters. The van der Waals surface area contributed by atoms with Gasteiger partial charge in [0.25, 0.3) is 0 Å². The fraction of sp³-hybridized carbons (Fsp3) is 0.222. The maximum Gasteiger partial charge on any atom is 0.416 e. The molecule has 1 aliphatic heterocycles. The molecule has 0 spiro atoms. The second kappa shape index (κ2) is 6.56. The van der Waals surface area contributed by atoms with E-state index in [4.69, 9.17) is 0 Å². The van der Waals surface area contributed by atoms with E-state index >= 15 is 0 Å². The highest BCUT2D eigenvalue weighted by atomic mass is 32.2. The predicted octanol–water partition coefficient (Wildman–Crippen LogP) is 6.21. The summed E-state index contributed by atoms with van der Waals surface area (Å²) < 4.78 is 54.3. The Morgan fingerprint density at radius 1 is 1.07 bits per heavy atom. The molecule has 0 unspecified atom stereocenters. The van der Waals surface area contributed by atoms with Crippen molar-refractivity contribution in [1.29, 1.82) is 0 Å². The van der Waals surface area contributed by atoms with Gasteiger partial charge in [0.1, 0.15) is 5.82 Å². The highest BCUT2D eigenvalue weighted by Crippen LogP contribution is 2.45. The number of aromatic nitrogens is 1. The van der Waals surface area contributed by atoms with Crippen LogP contribution in [0.1, 0.15) is 11.6 Å². The number of benzene rings is 2. The van der Waals surface area contributed by atoms with E-state index in [-0.39, 0.29) is 28.8 Å². The van der Waals surface area contributed by atoms with Gasteiger partial charge in [0.15, 0.2) is 5.69 Å². The van der Waals surface area contributed by atoms with Gasteiger partial charge in [-0.1, -0.05) is 18.2 Å². The van der Waals surface area contributed by atoms with Gasteiger partial charge in [-0.15, -0.1) is 5.11 Å². The third-order valence-electron chi connectivity index (χ3n) is 4.35. The first-order valence-electron chi connectivity index (χ1n) is 8.04. The van der Waals surface area contributed by atoms with E-state index in [0.29, 0.717) is 5.39 Å². The molecule has 3 aromatic rings. The number of halogens is 4. The molecule has 0 bridgehead atoms. The van der Waals surface area contributed by atoms with Crippen LogP contribution in [0.15, 0.2) is 52.7 Å². The number of alkyl halides is 3. The van der Waals surface area contributed by atoms with Gasteiger partial charge in [-0.05, 0) is 24.3 Å². The maximum absolute atomic E-state index is 14.4. The highest BCUT2D eigenvalue weighted by molar-refractivity contribution is 8.00. The first kappa shape index (κ1) is 17.8. The zero-order valence-electron chi connectivity index (χ0n) is 13.7. The quantitative estimate of drug-likeness (QED) is 0.423. The van der Waals surface area contributed by atoms with Gasteiger partial charge in [0.05, 0.1) is 22.8 Å². The average Bonchev–Trinajstić information content (AvgIpc) is 2.85. The van der Waals surface area contributed by atoms with Crippen LogP contribution in [0.5, 0.6) is 5.88 Å². The number of azo groups is 1. The minimum Gasteiger partial charge on any atom is -0.493 e. The van der Waals surface area contributed by atoms with Crippen molar-refractivity contribution in [3.05, 3.63) is 53.8 Å². The molecule has 27 heavy (non-hydrogen) atoms. The molecular formula is C18H13F4N3OS. The largest absolute Gasteiger partial charge is 0.493 e. The topological polar surface area (TPSA) is 49.9 Å². The monoisotopic (exact) mass is 395 g/mol. The molecule has 1 saturated heterocycles. The number of fused-ring (bicyclic) bond motifs is 1. The van der Waals surface area contributed by atoms with Crippen LogP contribution in [0.4, 0.5) is 28.9 Å². The summed E-state index contributed by atoms with van der Waals surface area (Å²) >= 11 is 1.67. The van der Waals surface area contributed by atoms with Crippen molar-refractivity contribution < 1.29 is 22.7 Å². The Bertz CT molecular complexity index is 1040. The highest BCUT2D eigenvalue weighted by Gasteiger charge is 2.31. The number of rotatable bonds is 3. The van der Waals surface area contributed by atoms with Crippen LogP contribution in [0.25, 0.3) is 10.9 Å². The molecule has 140 valence electrons. The standard InChI is InChI=1S/C18H13F4N3OS/c19-14-6-2-5-13-15(17(26)25(16(13)14)12-8-27-9-12)24-23-11-4-1-3-10(7-11)18(20,21)22/h1-7,12,26H,8-9H2. The SMILES string of the molecule is Oc1c(N=Nc2cccc(C(F)(F)F)c2)c2cccc(F)c2n1C1CSC1. The summed E-state index contributed by atoms with van der Waals surface area (Å²) in [5.74, 6) is 0.725. The van der Waals surface area contributed by atoms with Crippen LogP contribution in [0, 0.1) is 5.82 Å². The molecule has 4 rings (SSSR count). The van der Waals surface area contributed by atoms with Gasteiger partial charge in [-0.2, -0.15) is 30.0 Å². The lowest BCUT2D eigenvalue weighted by molar-refractivity contribution is -0.137. The molecular weight excluding hydrogens is 382 g/mol. The molecule has 0 saturated carbocycles. The Morgan fingerprint density at radius 3 is 2.48 bits per heavy atom. The summed E-state index contributed by atoms with van der Waals surface area (Å²) in [6.45, 7) is 0. The van der Waals surface area contributed by atoms with Crippen LogP contribution in [-0.2, 0) is 6.18 Å². The molecule has 9 heteroatoms. The van der Waals surface area contributed by atoms with Crippen molar-refractivity contribution in [2.45, 2.75) is 12.2 Å². The van der Waals surface area contributed by atoms with E-state index in [0.717, 1.165) is 23.6 Å². The second-order valence-electron chi connectivity index (χ2n) is 6.12. The molecule has 1 aliphatic rings. The van der Waals surface area contributed by atoms with E-state index in [9.17, 15) is 22.7 Å². The Morgan fingerprint density at radius 2 is 1.81 bits per heavy atom. The van der Waals surface area contributed by atoms with Gasteiger partial charge in [-0.3, -0.25) is 0 Å². The molecule has 0 amide bonds. The lowest BCUT2D eigenvalue weighted by atomic mass is 10.2. The third kappa shape index (κ3) is 3.16. The van der Waals surface area contributed by atoms with Gasteiger partial charge in [-0.25, -0.2) is 4.39 Å². The zero-order valence-corrected chi connectivity index (χ0v) is 14.6. The molecule has 1 fully saturated rings. The minimum atomic E-state index is -4.49. The Labute approximate surface area is 155 Å². The van der Waals surface area contributed by atoms with Crippen LogP contribution in [0.3, 0.4) is 0 Å². The molecule has 1 N–H and O–H groups in total. The smallest absolute Gasteiger partial charge is 0.416 e. The molecule has 1 aromatic heterocycles. The lowest BCUT2D eigenvalue weighted by Crippen LogP contribution is -2.22. The summed E-state index contributed by atoms with van der Waals surface area (Å²) in [4.78, 5) is 0. The average molecular weight is 395 g/mol. The van der Waals surface area contributed by atoms with Crippen LogP contribution in [0.2, 0.25) is 0 Å². The Kier molecular flexibility index (Phi) is 4.33. The van der Waals surface area contributed by atoms with Gasteiger partial charge in [0.2, 0.25) is 5.88 Å². The second-order valence-corrected chi connectivity index (χ2v) is 7.19. The van der Waals surface area contributed by atoms with Crippen molar-refractivity contribution in [2.24, 2.45) is 10.2 Å². The Balaban J connectivity index is 1.80. The van der Waals surface area contributed by atoms with Gasteiger partial charge < -0.3 is 9.67 Å². The van der Waals surface area contributed by atoms with Gasteiger partial charge >= 0.3 is 6.18 Å². The molecule has 4 nitrogen and oxygen atoms in total. The predicted molar refractivity (Wildman–Crippen MR) is 95.5 cm³/mol. The molecule has 0 radical (unpaired) electrons. The van der Waals surface area contributed by atoms with Crippen LogP contribution in [-0.4, -0.2) is 21.2 Å². The first-order valence-corrected chi connectivity index (χ1v) is 9.20. The molecule has 0 aliphatic carbocycles. The maximum atomic E-state index is 14.4. The summed E-state index contributed by atoms with van der Waals surface area (Å²) in [6.07, 6.45) is -4.49. The molecule has 2 aromatic carbocycles. The summed E-state index contributed by atoms with van der Waals surface area (Å²) in [5.41, 5.74) is -0.596. The number of hydrogen-bond donors (Lipinski definition) is 1. The number of thioether (sulfide) groups is 1. The van der Waals surface area contributed by atoms with Crippen molar-refractivity contribution >= 4 is 34.0 Å². The zero-order chi connectivity index (χ0) is 19.2. The fourth-order valence-corrected chi connectivity index (χ4v) is 3.71. The Hall–Kier alpha value is -2.55. The molecule has 2 heterocycles. The minimum absolute atomic E-state index is 0.0132. The van der Waals surface area contributed by atoms with E-state index in [1.165, 1.54) is 28.8 Å². The first-order chi connectivity index (χ1) is 12.9. The van der Waals surface area contributed by atoms with E-state index in [1.54, 1.807) is 17.8 Å². The van der Waals surface area contributed by atoms with Crippen molar-refractivity contribution in [2.75, 3.05) is 11.5 Å². The fourth-order valence-electron chi connectivity index (χ4n) is 2.97. The summed E-state index contributed by atoms with van der Waals surface area (Å²) in [6, 6.07) is 8.71. The van der Waals surface area contributed by atoms with E-state index < -0.39 is 17.6 Å². The van der Waals surface area contributed by atoms with Gasteiger partial charge in [0, 0.05) is 16.9 Å². The summed E-state index contributed by atoms with van der Waals surface area (Å²) in [5, 5.41) is 18.7. The summed E-state index contributed by atoms with van der Waals surface area (Å²) in [7, 11) is 0. The van der Waals surface area contributed by atoms with Crippen LogP contribution < -0.4 is 0 Å². The van der Waals surface area contributed by atoms with Crippen molar-refractivity contribution in [1.82, 2.24) is 4.57 Å². The number of hydrogen-bond acceptors (Lipinski definition) is 4. The number of aromatic hydroxyl groups is 1. The van der Waals surface area contributed by atoms with Crippen molar-refractivity contribution in [3.63, 3.8) is 0 Å². The van der Waals surface area contributed by atoms with Crippen molar-refractivity contribution in [3.8, 4) is 5.88 Å².